The average molecular weight is 317 g/mol. The number of amides is 3. The minimum absolute atomic E-state index is 0.00838. The molecule has 1 atom stereocenters. The lowest BCUT2D eigenvalue weighted by atomic mass is 9.87. The minimum atomic E-state index is -1.18. The number of aryl methyl sites for hydroxylation is 1. The predicted molar refractivity (Wildman–Crippen MR) is 78.7 cm³/mol. The molecule has 2 heterocycles. The number of imide groups is 1. The maximum Gasteiger partial charge on any atom is 0.325 e. The van der Waals surface area contributed by atoms with Crippen molar-refractivity contribution in [3.05, 3.63) is 53.2 Å². The Hall–Kier alpha value is -2.70. The Morgan fingerprint density at radius 3 is 2.57 bits per heavy atom. The summed E-state index contributed by atoms with van der Waals surface area (Å²) >= 11 is 0. The predicted octanol–water partition coefficient (Wildman–Crippen LogP) is 2.48. The molecule has 3 amide bonds. The summed E-state index contributed by atoms with van der Waals surface area (Å²) in [6.07, 6.45) is 0.356. The van der Waals surface area contributed by atoms with Crippen LogP contribution in [-0.4, -0.2) is 22.0 Å². The van der Waals surface area contributed by atoms with Gasteiger partial charge in [0, 0.05) is 6.07 Å². The Labute approximate surface area is 132 Å². The number of urea groups is 1. The standard InChI is InChI=1S/C16H16FN3O3/c1-3-16(11-4-6-12(17)7-5-11)14(21)20(15(22)18-16)9-13-8-10(2)19-23-13/h4-8H,3,9H2,1-2H3,(H,18,22)/t16-/m0/s1. The van der Waals surface area contributed by atoms with Crippen LogP contribution in [0, 0.1) is 12.7 Å². The first-order valence-corrected chi connectivity index (χ1v) is 7.28. The molecule has 0 unspecified atom stereocenters. The summed E-state index contributed by atoms with van der Waals surface area (Å²) in [6, 6.07) is 6.74. The van der Waals surface area contributed by atoms with Crippen molar-refractivity contribution >= 4 is 11.9 Å². The molecule has 23 heavy (non-hydrogen) atoms. The Kier molecular flexibility index (Phi) is 3.63. The third kappa shape index (κ3) is 2.48. The van der Waals surface area contributed by atoms with Crippen LogP contribution in [0.3, 0.4) is 0 Å². The molecular weight excluding hydrogens is 301 g/mol. The molecule has 6 nitrogen and oxygen atoms in total. The summed E-state index contributed by atoms with van der Waals surface area (Å²) in [5, 5.41) is 6.48. The van der Waals surface area contributed by atoms with Gasteiger partial charge in [0.1, 0.15) is 11.4 Å². The first-order chi connectivity index (χ1) is 11.0. The highest BCUT2D eigenvalue weighted by Gasteiger charge is 2.51. The molecule has 1 fully saturated rings. The minimum Gasteiger partial charge on any atom is -0.359 e. The van der Waals surface area contributed by atoms with E-state index in [1.165, 1.54) is 24.3 Å². The van der Waals surface area contributed by atoms with Crippen molar-refractivity contribution in [2.75, 3.05) is 0 Å². The van der Waals surface area contributed by atoms with Crippen LogP contribution in [0.4, 0.5) is 9.18 Å². The highest BCUT2D eigenvalue weighted by atomic mass is 19.1. The number of benzene rings is 1. The van der Waals surface area contributed by atoms with E-state index < -0.39 is 17.4 Å². The zero-order chi connectivity index (χ0) is 16.6. The van der Waals surface area contributed by atoms with Crippen LogP contribution in [0.2, 0.25) is 0 Å². The molecule has 0 bridgehead atoms. The van der Waals surface area contributed by atoms with E-state index in [2.05, 4.69) is 10.5 Å². The largest absolute Gasteiger partial charge is 0.359 e. The van der Waals surface area contributed by atoms with Crippen LogP contribution in [0.5, 0.6) is 0 Å². The van der Waals surface area contributed by atoms with Crippen LogP contribution >= 0.6 is 0 Å². The van der Waals surface area contributed by atoms with E-state index in [0.29, 0.717) is 23.4 Å². The van der Waals surface area contributed by atoms with Gasteiger partial charge in [0.2, 0.25) is 0 Å². The fraction of sp³-hybridized carbons (Fsp3) is 0.312. The van der Waals surface area contributed by atoms with Gasteiger partial charge in [0.05, 0.1) is 12.2 Å². The molecule has 1 saturated heterocycles. The van der Waals surface area contributed by atoms with Crippen LogP contribution in [0.15, 0.2) is 34.9 Å². The van der Waals surface area contributed by atoms with Gasteiger partial charge in [-0.3, -0.25) is 9.69 Å². The van der Waals surface area contributed by atoms with Crippen LogP contribution in [0.1, 0.15) is 30.4 Å². The van der Waals surface area contributed by atoms with E-state index in [1.807, 2.05) is 0 Å². The van der Waals surface area contributed by atoms with E-state index in [1.54, 1.807) is 19.9 Å². The summed E-state index contributed by atoms with van der Waals surface area (Å²) in [4.78, 5) is 26.2. The van der Waals surface area contributed by atoms with Crippen molar-refractivity contribution in [3.8, 4) is 0 Å². The quantitative estimate of drug-likeness (QED) is 0.879. The molecule has 1 aromatic carbocycles. The van der Waals surface area contributed by atoms with E-state index in [4.69, 9.17) is 4.52 Å². The maximum absolute atomic E-state index is 13.1. The van der Waals surface area contributed by atoms with Crippen LogP contribution in [0.25, 0.3) is 0 Å². The number of nitrogens with zero attached hydrogens (tertiary/aromatic N) is 2. The molecule has 0 saturated carbocycles. The number of nitrogens with one attached hydrogen (secondary N) is 1. The van der Waals surface area contributed by atoms with E-state index >= 15 is 0 Å². The van der Waals surface area contributed by atoms with E-state index in [0.717, 1.165) is 4.90 Å². The lowest BCUT2D eigenvalue weighted by molar-refractivity contribution is -0.132. The number of aromatic nitrogens is 1. The smallest absolute Gasteiger partial charge is 0.325 e. The highest BCUT2D eigenvalue weighted by Crippen LogP contribution is 2.33. The van der Waals surface area contributed by atoms with Gasteiger partial charge < -0.3 is 9.84 Å². The number of rotatable bonds is 4. The Bertz CT molecular complexity index is 756. The zero-order valence-electron chi connectivity index (χ0n) is 12.8. The molecular formula is C16H16FN3O3. The molecule has 0 spiro atoms. The second kappa shape index (κ2) is 5.49. The SMILES string of the molecule is CC[C@@]1(c2ccc(F)cc2)NC(=O)N(Cc2cc(C)no2)C1=O. The molecule has 120 valence electrons. The van der Waals surface area contributed by atoms with Gasteiger partial charge in [0.25, 0.3) is 5.91 Å². The fourth-order valence-electron chi connectivity index (χ4n) is 2.79. The van der Waals surface area contributed by atoms with Gasteiger partial charge in [0.15, 0.2) is 5.76 Å². The second-order valence-electron chi connectivity index (χ2n) is 5.52. The molecule has 1 aliphatic rings. The monoisotopic (exact) mass is 317 g/mol. The van der Waals surface area contributed by atoms with Gasteiger partial charge in [-0.1, -0.05) is 24.2 Å². The lowest BCUT2D eigenvalue weighted by Crippen LogP contribution is -2.43. The number of hydrogen-bond acceptors (Lipinski definition) is 4. The zero-order valence-corrected chi connectivity index (χ0v) is 12.8. The van der Waals surface area contributed by atoms with Gasteiger partial charge >= 0.3 is 6.03 Å². The van der Waals surface area contributed by atoms with Crippen molar-refractivity contribution in [1.82, 2.24) is 15.4 Å². The first-order valence-electron chi connectivity index (χ1n) is 7.28. The van der Waals surface area contributed by atoms with Crippen molar-refractivity contribution in [2.24, 2.45) is 0 Å². The molecule has 1 aromatic heterocycles. The third-order valence-corrected chi connectivity index (χ3v) is 4.03. The maximum atomic E-state index is 13.1. The second-order valence-corrected chi connectivity index (χ2v) is 5.52. The molecule has 0 radical (unpaired) electrons. The fourth-order valence-corrected chi connectivity index (χ4v) is 2.79. The normalized spacial score (nSPS) is 20.9. The molecule has 3 rings (SSSR count). The summed E-state index contributed by atoms with van der Waals surface area (Å²) in [5.41, 5.74) is 0.0446. The molecule has 1 aliphatic heterocycles. The van der Waals surface area contributed by atoms with Crippen molar-refractivity contribution in [3.63, 3.8) is 0 Å². The Morgan fingerprint density at radius 1 is 1.30 bits per heavy atom. The van der Waals surface area contributed by atoms with Crippen molar-refractivity contribution < 1.29 is 18.5 Å². The Balaban J connectivity index is 1.93. The molecule has 2 aromatic rings. The topological polar surface area (TPSA) is 75.4 Å². The summed E-state index contributed by atoms with van der Waals surface area (Å²) in [7, 11) is 0. The summed E-state index contributed by atoms with van der Waals surface area (Å²) in [6.45, 7) is 3.56. The molecule has 1 N–H and O–H groups in total. The van der Waals surface area contributed by atoms with E-state index in [9.17, 15) is 14.0 Å². The molecule has 7 heteroatoms. The highest BCUT2D eigenvalue weighted by molar-refractivity contribution is 6.07. The number of carbonyl (C=O) groups excluding carboxylic acids is 2. The van der Waals surface area contributed by atoms with Gasteiger partial charge in [-0.2, -0.15) is 0 Å². The number of halogens is 1. The number of hydrogen-bond donors (Lipinski definition) is 1. The average Bonchev–Trinajstić information content (AvgIpc) is 3.05. The number of carbonyl (C=O) groups is 2. The molecule has 0 aliphatic carbocycles. The van der Waals surface area contributed by atoms with Crippen LogP contribution in [-0.2, 0) is 16.9 Å². The van der Waals surface area contributed by atoms with Crippen molar-refractivity contribution in [2.45, 2.75) is 32.4 Å². The third-order valence-electron chi connectivity index (χ3n) is 4.03. The van der Waals surface area contributed by atoms with Gasteiger partial charge in [-0.15, -0.1) is 0 Å². The van der Waals surface area contributed by atoms with Gasteiger partial charge in [-0.25, -0.2) is 9.18 Å². The van der Waals surface area contributed by atoms with Gasteiger partial charge in [-0.05, 0) is 31.0 Å². The van der Waals surface area contributed by atoms with Crippen LogP contribution < -0.4 is 5.32 Å². The summed E-state index contributed by atoms with van der Waals surface area (Å²) in [5.74, 6) is -0.353. The lowest BCUT2D eigenvalue weighted by Gasteiger charge is -2.25. The first kappa shape index (κ1) is 15.2. The van der Waals surface area contributed by atoms with Crippen molar-refractivity contribution in [1.29, 1.82) is 0 Å². The van der Waals surface area contributed by atoms with E-state index in [-0.39, 0.29) is 12.5 Å². The Morgan fingerprint density at radius 2 is 2.00 bits per heavy atom. The summed E-state index contributed by atoms with van der Waals surface area (Å²) < 4.78 is 18.2.